The molecule has 0 bridgehead atoms. The third kappa shape index (κ3) is 1.35. The van der Waals surface area contributed by atoms with E-state index in [-0.39, 0.29) is 5.41 Å². The summed E-state index contributed by atoms with van der Waals surface area (Å²) >= 11 is 0. The Morgan fingerprint density at radius 1 is 1.44 bits per heavy atom. The number of aryl methyl sites for hydroxylation is 1. The van der Waals surface area contributed by atoms with Crippen molar-refractivity contribution >= 4 is 11.1 Å². The molecule has 0 unspecified atom stereocenters. The highest BCUT2D eigenvalue weighted by atomic mass is 16.3. The molecule has 0 amide bonds. The molecule has 1 fully saturated rings. The predicted octanol–water partition coefficient (Wildman–Crippen LogP) is 2.38. The van der Waals surface area contributed by atoms with E-state index in [1.807, 2.05) is 6.07 Å². The number of benzene rings is 1. The molecule has 1 saturated carbocycles. The number of oxazole rings is 1. The second-order valence-corrected chi connectivity index (χ2v) is 4.66. The summed E-state index contributed by atoms with van der Waals surface area (Å²) in [6.45, 7) is 2.78. The topological polar surface area (TPSA) is 52.0 Å². The zero-order chi connectivity index (χ0) is 11.2. The maximum absolute atomic E-state index is 5.79. The van der Waals surface area contributed by atoms with E-state index in [4.69, 9.17) is 10.2 Å². The van der Waals surface area contributed by atoms with Gasteiger partial charge in [0.05, 0.1) is 5.41 Å². The molecule has 16 heavy (non-hydrogen) atoms. The lowest BCUT2D eigenvalue weighted by atomic mass is 10.1. The summed E-state index contributed by atoms with van der Waals surface area (Å²) in [5.41, 5.74) is 8.97. The van der Waals surface area contributed by atoms with Crippen LogP contribution in [0.1, 0.15) is 31.2 Å². The Kier molecular flexibility index (Phi) is 2.04. The minimum absolute atomic E-state index is 0.0470. The van der Waals surface area contributed by atoms with E-state index in [9.17, 15) is 0 Å². The highest BCUT2D eigenvalue weighted by Crippen LogP contribution is 2.47. The van der Waals surface area contributed by atoms with Crippen LogP contribution in [-0.2, 0) is 11.8 Å². The number of nitrogens with zero attached hydrogens (tertiary/aromatic N) is 1. The van der Waals surface area contributed by atoms with Gasteiger partial charge in [-0.15, -0.1) is 0 Å². The average Bonchev–Trinajstić information content (AvgIpc) is 3.01. The Hall–Kier alpha value is -1.35. The third-order valence-electron chi connectivity index (χ3n) is 3.56. The average molecular weight is 216 g/mol. The molecule has 3 rings (SSSR count). The fourth-order valence-electron chi connectivity index (χ4n) is 2.08. The molecule has 1 aromatic heterocycles. The van der Waals surface area contributed by atoms with Crippen molar-refractivity contribution in [3.8, 4) is 0 Å². The van der Waals surface area contributed by atoms with Gasteiger partial charge in [0.15, 0.2) is 5.58 Å². The van der Waals surface area contributed by atoms with Crippen molar-refractivity contribution in [2.45, 2.75) is 31.6 Å². The van der Waals surface area contributed by atoms with Gasteiger partial charge >= 0.3 is 0 Å². The maximum atomic E-state index is 5.79. The molecule has 3 heteroatoms. The Balaban J connectivity index is 2.09. The predicted molar refractivity (Wildman–Crippen MR) is 63.4 cm³/mol. The largest absolute Gasteiger partial charge is 0.440 e. The first kappa shape index (κ1) is 9.85. The lowest BCUT2D eigenvalue weighted by Crippen LogP contribution is -2.19. The van der Waals surface area contributed by atoms with E-state index in [0.29, 0.717) is 6.54 Å². The van der Waals surface area contributed by atoms with Crippen LogP contribution in [0, 0.1) is 0 Å². The monoisotopic (exact) mass is 216 g/mol. The van der Waals surface area contributed by atoms with Crippen LogP contribution in [0.5, 0.6) is 0 Å². The Labute approximate surface area is 94.7 Å². The van der Waals surface area contributed by atoms with Crippen molar-refractivity contribution in [1.29, 1.82) is 0 Å². The molecular weight excluding hydrogens is 200 g/mol. The maximum Gasteiger partial charge on any atom is 0.202 e. The first-order valence-corrected chi connectivity index (χ1v) is 5.87. The Bertz CT molecular complexity index is 526. The molecule has 0 atom stereocenters. The van der Waals surface area contributed by atoms with Gasteiger partial charge in [0.1, 0.15) is 5.52 Å². The van der Waals surface area contributed by atoms with Crippen molar-refractivity contribution in [1.82, 2.24) is 4.98 Å². The van der Waals surface area contributed by atoms with Gasteiger partial charge in [-0.1, -0.05) is 13.0 Å². The van der Waals surface area contributed by atoms with Gasteiger partial charge in [-0.3, -0.25) is 0 Å². The van der Waals surface area contributed by atoms with Gasteiger partial charge in [0.25, 0.3) is 0 Å². The molecule has 2 aromatic rings. The minimum atomic E-state index is 0.0470. The van der Waals surface area contributed by atoms with Crippen molar-refractivity contribution < 1.29 is 4.42 Å². The van der Waals surface area contributed by atoms with Gasteiger partial charge in [0.2, 0.25) is 5.89 Å². The highest BCUT2D eigenvalue weighted by molar-refractivity contribution is 5.73. The zero-order valence-corrected chi connectivity index (χ0v) is 9.49. The van der Waals surface area contributed by atoms with E-state index < -0.39 is 0 Å². The van der Waals surface area contributed by atoms with E-state index in [1.165, 1.54) is 5.56 Å². The number of aromatic nitrogens is 1. The number of fused-ring (bicyclic) bond motifs is 1. The van der Waals surface area contributed by atoms with Crippen LogP contribution < -0.4 is 5.73 Å². The molecule has 0 radical (unpaired) electrons. The molecule has 0 saturated heterocycles. The number of nitrogens with two attached hydrogens (primary N) is 1. The smallest absolute Gasteiger partial charge is 0.202 e. The summed E-state index contributed by atoms with van der Waals surface area (Å²) in [7, 11) is 0. The Morgan fingerprint density at radius 3 is 2.88 bits per heavy atom. The number of hydrogen-bond donors (Lipinski definition) is 1. The van der Waals surface area contributed by atoms with Gasteiger partial charge < -0.3 is 10.2 Å². The highest BCUT2D eigenvalue weighted by Gasteiger charge is 2.47. The standard InChI is InChI=1S/C13H16N2O/c1-2-9-3-4-11-10(7-9)15-12(16-11)13(8-14)5-6-13/h3-4,7H,2,5-6,8,14H2,1H3. The van der Waals surface area contributed by atoms with E-state index in [0.717, 1.165) is 36.3 Å². The van der Waals surface area contributed by atoms with Gasteiger partial charge in [-0.25, -0.2) is 4.98 Å². The fraction of sp³-hybridized carbons (Fsp3) is 0.462. The van der Waals surface area contributed by atoms with Crippen LogP contribution in [0.15, 0.2) is 22.6 Å². The molecule has 84 valence electrons. The van der Waals surface area contributed by atoms with Gasteiger partial charge in [-0.05, 0) is 37.0 Å². The molecule has 1 aromatic carbocycles. The Morgan fingerprint density at radius 2 is 2.25 bits per heavy atom. The lowest BCUT2D eigenvalue weighted by Gasteiger charge is -2.04. The second kappa shape index (κ2) is 3.32. The normalized spacial score (nSPS) is 17.9. The number of hydrogen-bond acceptors (Lipinski definition) is 3. The third-order valence-corrected chi connectivity index (χ3v) is 3.56. The molecule has 1 heterocycles. The van der Waals surface area contributed by atoms with Crippen LogP contribution in [0.3, 0.4) is 0 Å². The van der Waals surface area contributed by atoms with E-state index in [2.05, 4.69) is 24.0 Å². The number of rotatable bonds is 3. The van der Waals surface area contributed by atoms with Crippen LogP contribution in [0.25, 0.3) is 11.1 Å². The van der Waals surface area contributed by atoms with Crippen LogP contribution in [0.4, 0.5) is 0 Å². The lowest BCUT2D eigenvalue weighted by molar-refractivity contribution is 0.462. The molecule has 2 N–H and O–H groups in total. The molecule has 0 aliphatic heterocycles. The van der Waals surface area contributed by atoms with E-state index >= 15 is 0 Å². The summed E-state index contributed by atoms with van der Waals surface area (Å²) in [5.74, 6) is 0.832. The van der Waals surface area contributed by atoms with Crippen LogP contribution in [-0.4, -0.2) is 11.5 Å². The summed E-state index contributed by atoms with van der Waals surface area (Å²) in [6.07, 6.45) is 3.24. The first-order chi connectivity index (χ1) is 7.77. The van der Waals surface area contributed by atoms with Crippen molar-refractivity contribution in [2.75, 3.05) is 6.54 Å². The van der Waals surface area contributed by atoms with Crippen LogP contribution in [0.2, 0.25) is 0 Å². The zero-order valence-electron chi connectivity index (χ0n) is 9.49. The first-order valence-electron chi connectivity index (χ1n) is 5.87. The molecule has 1 aliphatic rings. The van der Waals surface area contributed by atoms with E-state index in [1.54, 1.807) is 0 Å². The molecular formula is C13H16N2O. The summed E-state index contributed by atoms with van der Waals surface area (Å²) in [6, 6.07) is 6.21. The molecule has 0 spiro atoms. The van der Waals surface area contributed by atoms with Crippen molar-refractivity contribution in [3.63, 3.8) is 0 Å². The van der Waals surface area contributed by atoms with Crippen molar-refractivity contribution in [3.05, 3.63) is 29.7 Å². The summed E-state index contributed by atoms with van der Waals surface area (Å²) in [4.78, 5) is 4.58. The SMILES string of the molecule is CCc1ccc2oc(C3(CN)CC3)nc2c1. The van der Waals surface area contributed by atoms with Gasteiger partial charge in [0, 0.05) is 6.54 Å². The molecule has 1 aliphatic carbocycles. The van der Waals surface area contributed by atoms with Crippen molar-refractivity contribution in [2.24, 2.45) is 5.73 Å². The molecule has 3 nitrogen and oxygen atoms in total. The van der Waals surface area contributed by atoms with Gasteiger partial charge in [-0.2, -0.15) is 0 Å². The fourth-order valence-corrected chi connectivity index (χ4v) is 2.08. The second-order valence-electron chi connectivity index (χ2n) is 4.66. The quantitative estimate of drug-likeness (QED) is 0.857. The summed E-state index contributed by atoms with van der Waals surface area (Å²) in [5, 5.41) is 0. The minimum Gasteiger partial charge on any atom is -0.440 e. The summed E-state index contributed by atoms with van der Waals surface area (Å²) < 4.78 is 5.79. The van der Waals surface area contributed by atoms with Crippen LogP contribution >= 0.6 is 0 Å².